The highest BCUT2D eigenvalue weighted by molar-refractivity contribution is 7.09. The van der Waals surface area contributed by atoms with Crippen LogP contribution in [0.15, 0.2) is 29.6 Å². The lowest BCUT2D eigenvalue weighted by Crippen LogP contribution is -2.13. The van der Waals surface area contributed by atoms with Crippen molar-refractivity contribution in [3.63, 3.8) is 0 Å². The third-order valence-corrected chi connectivity index (χ3v) is 5.15. The highest BCUT2D eigenvalue weighted by Gasteiger charge is 2.22. The van der Waals surface area contributed by atoms with Crippen LogP contribution in [0.1, 0.15) is 53.9 Å². The molecule has 3 rings (SSSR count). The van der Waals surface area contributed by atoms with Crippen molar-refractivity contribution in [2.75, 3.05) is 0 Å². The molecule has 1 aliphatic rings. The molecule has 106 valence electrons. The van der Waals surface area contributed by atoms with Gasteiger partial charge in [0.25, 0.3) is 0 Å². The zero-order valence-electron chi connectivity index (χ0n) is 12.1. The Kier molecular flexibility index (Phi) is 4.48. The zero-order chi connectivity index (χ0) is 13.8. The number of benzene rings is 1. The van der Waals surface area contributed by atoms with E-state index in [4.69, 9.17) is 4.98 Å². The Morgan fingerprint density at radius 2 is 1.90 bits per heavy atom. The molecule has 1 heterocycles. The van der Waals surface area contributed by atoms with Gasteiger partial charge in [-0.1, -0.05) is 37.6 Å². The molecule has 1 aliphatic carbocycles. The highest BCUT2D eigenvalue weighted by Crippen LogP contribution is 2.37. The van der Waals surface area contributed by atoms with Crippen LogP contribution in [0.4, 0.5) is 0 Å². The molecule has 1 fully saturated rings. The van der Waals surface area contributed by atoms with Gasteiger partial charge in [0.05, 0.1) is 10.7 Å². The van der Waals surface area contributed by atoms with Crippen molar-refractivity contribution in [1.82, 2.24) is 10.3 Å². The summed E-state index contributed by atoms with van der Waals surface area (Å²) in [5.74, 6) is 0.760. The van der Waals surface area contributed by atoms with Gasteiger partial charge < -0.3 is 5.32 Å². The standard InChI is InChI=1S/C17H22N2S/c1-2-13-6-8-14(9-7-13)10-18-11-16-12-20-17(19-16)15-4-3-5-15/h6-9,12,15,18H,2-5,10-11H2,1H3. The molecular weight excluding hydrogens is 264 g/mol. The van der Waals surface area contributed by atoms with Crippen LogP contribution in [-0.2, 0) is 19.5 Å². The van der Waals surface area contributed by atoms with Crippen molar-refractivity contribution in [3.05, 3.63) is 51.5 Å². The maximum atomic E-state index is 4.75. The van der Waals surface area contributed by atoms with Gasteiger partial charge in [-0.25, -0.2) is 4.98 Å². The van der Waals surface area contributed by atoms with Crippen LogP contribution in [0.3, 0.4) is 0 Å². The van der Waals surface area contributed by atoms with Gasteiger partial charge in [-0.3, -0.25) is 0 Å². The minimum Gasteiger partial charge on any atom is -0.307 e. The minimum atomic E-state index is 0.760. The third kappa shape index (κ3) is 3.28. The minimum absolute atomic E-state index is 0.760. The van der Waals surface area contributed by atoms with Crippen LogP contribution in [0.5, 0.6) is 0 Å². The summed E-state index contributed by atoms with van der Waals surface area (Å²) in [5, 5.41) is 7.04. The third-order valence-electron chi connectivity index (χ3n) is 4.09. The van der Waals surface area contributed by atoms with Gasteiger partial charge in [0.2, 0.25) is 0 Å². The summed E-state index contributed by atoms with van der Waals surface area (Å²) in [7, 11) is 0. The van der Waals surface area contributed by atoms with Crippen LogP contribution in [-0.4, -0.2) is 4.98 Å². The molecule has 2 nitrogen and oxygen atoms in total. The van der Waals surface area contributed by atoms with E-state index in [0.29, 0.717) is 0 Å². The number of rotatable bonds is 6. The quantitative estimate of drug-likeness (QED) is 0.858. The smallest absolute Gasteiger partial charge is 0.0959 e. The van der Waals surface area contributed by atoms with Gasteiger partial charge in [0.15, 0.2) is 0 Å². The molecule has 0 atom stereocenters. The monoisotopic (exact) mass is 286 g/mol. The fraction of sp³-hybridized carbons (Fsp3) is 0.471. The van der Waals surface area contributed by atoms with Crippen LogP contribution < -0.4 is 5.32 Å². The number of nitrogens with one attached hydrogen (secondary N) is 1. The van der Waals surface area contributed by atoms with Crippen molar-refractivity contribution in [1.29, 1.82) is 0 Å². The van der Waals surface area contributed by atoms with Crippen LogP contribution in [0.25, 0.3) is 0 Å². The van der Waals surface area contributed by atoms with Gasteiger partial charge in [-0.05, 0) is 30.4 Å². The van der Waals surface area contributed by atoms with E-state index in [-0.39, 0.29) is 0 Å². The van der Waals surface area contributed by atoms with Crippen LogP contribution in [0.2, 0.25) is 0 Å². The molecule has 0 saturated heterocycles. The largest absolute Gasteiger partial charge is 0.307 e. The van der Waals surface area contributed by atoms with E-state index in [1.807, 2.05) is 11.3 Å². The van der Waals surface area contributed by atoms with E-state index in [9.17, 15) is 0 Å². The normalized spacial score (nSPS) is 15.2. The van der Waals surface area contributed by atoms with E-state index < -0.39 is 0 Å². The van der Waals surface area contributed by atoms with Crippen LogP contribution in [0, 0.1) is 0 Å². The van der Waals surface area contributed by atoms with Gasteiger partial charge in [0.1, 0.15) is 0 Å². The first kappa shape index (κ1) is 13.8. The second-order valence-electron chi connectivity index (χ2n) is 5.58. The lowest BCUT2D eigenvalue weighted by molar-refractivity contribution is 0.417. The molecule has 1 saturated carbocycles. The number of nitrogens with zero attached hydrogens (tertiary/aromatic N) is 1. The molecule has 1 aromatic heterocycles. The first-order valence-corrected chi connectivity index (χ1v) is 8.46. The molecule has 0 radical (unpaired) electrons. The van der Waals surface area contributed by atoms with Crippen LogP contribution >= 0.6 is 11.3 Å². The Labute approximate surface area is 125 Å². The Balaban J connectivity index is 1.47. The first-order valence-electron chi connectivity index (χ1n) is 7.58. The van der Waals surface area contributed by atoms with E-state index in [1.54, 1.807) is 0 Å². The Hall–Kier alpha value is -1.19. The average molecular weight is 286 g/mol. The summed E-state index contributed by atoms with van der Waals surface area (Å²) in [5.41, 5.74) is 3.94. The van der Waals surface area contributed by atoms with Gasteiger partial charge in [-0.2, -0.15) is 0 Å². The van der Waals surface area contributed by atoms with E-state index in [2.05, 4.69) is 41.9 Å². The second-order valence-corrected chi connectivity index (χ2v) is 6.47. The summed E-state index contributed by atoms with van der Waals surface area (Å²) < 4.78 is 0. The summed E-state index contributed by atoms with van der Waals surface area (Å²) in [6, 6.07) is 8.86. The molecule has 0 bridgehead atoms. The number of thiazole rings is 1. The van der Waals surface area contributed by atoms with E-state index in [0.717, 1.165) is 25.4 Å². The average Bonchev–Trinajstić information content (AvgIpc) is 2.86. The van der Waals surface area contributed by atoms with Crippen molar-refractivity contribution in [3.8, 4) is 0 Å². The molecule has 0 unspecified atom stereocenters. The first-order chi connectivity index (χ1) is 9.85. The molecule has 20 heavy (non-hydrogen) atoms. The van der Waals surface area contributed by atoms with E-state index in [1.165, 1.54) is 41.1 Å². The molecule has 0 amide bonds. The highest BCUT2D eigenvalue weighted by atomic mass is 32.1. The molecule has 2 aromatic rings. The molecule has 3 heteroatoms. The van der Waals surface area contributed by atoms with Gasteiger partial charge in [-0.15, -0.1) is 11.3 Å². The molecule has 1 N–H and O–H groups in total. The molecule has 1 aromatic carbocycles. The summed E-state index contributed by atoms with van der Waals surface area (Å²) >= 11 is 1.83. The molecular formula is C17H22N2S. The second kappa shape index (κ2) is 6.51. The number of hydrogen-bond acceptors (Lipinski definition) is 3. The van der Waals surface area contributed by atoms with Crippen molar-refractivity contribution >= 4 is 11.3 Å². The zero-order valence-corrected chi connectivity index (χ0v) is 12.9. The number of hydrogen-bond donors (Lipinski definition) is 1. The Bertz CT molecular complexity index is 540. The van der Waals surface area contributed by atoms with Crippen molar-refractivity contribution in [2.24, 2.45) is 0 Å². The number of aromatic nitrogens is 1. The maximum absolute atomic E-state index is 4.75. The predicted octanol–water partition coefficient (Wildman–Crippen LogP) is 4.26. The van der Waals surface area contributed by atoms with Gasteiger partial charge >= 0.3 is 0 Å². The number of aryl methyl sites for hydroxylation is 1. The van der Waals surface area contributed by atoms with E-state index >= 15 is 0 Å². The molecule has 0 spiro atoms. The lowest BCUT2D eigenvalue weighted by atomic mass is 9.86. The molecule has 0 aliphatic heterocycles. The SMILES string of the molecule is CCc1ccc(CNCc2csc(C3CCC3)n2)cc1. The fourth-order valence-electron chi connectivity index (χ4n) is 2.47. The van der Waals surface area contributed by atoms with Gasteiger partial charge in [0, 0.05) is 24.4 Å². The maximum Gasteiger partial charge on any atom is 0.0959 e. The summed E-state index contributed by atoms with van der Waals surface area (Å²) in [4.78, 5) is 4.75. The Morgan fingerprint density at radius 3 is 2.55 bits per heavy atom. The lowest BCUT2D eigenvalue weighted by Gasteiger charge is -2.22. The fourth-order valence-corrected chi connectivity index (χ4v) is 3.47. The van der Waals surface area contributed by atoms with Crippen molar-refractivity contribution < 1.29 is 0 Å². The Morgan fingerprint density at radius 1 is 1.15 bits per heavy atom. The topological polar surface area (TPSA) is 24.9 Å². The summed E-state index contributed by atoms with van der Waals surface area (Å²) in [6.45, 7) is 3.98. The summed E-state index contributed by atoms with van der Waals surface area (Å²) in [6.07, 6.45) is 5.16. The predicted molar refractivity (Wildman–Crippen MR) is 85.1 cm³/mol. The van der Waals surface area contributed by atoms with Crippen molar-refractivity contribution in [2.45, 2.75) is 51.6 Å².